The molecule has 0 amide bonds. The van der Waals surface area contributed by atoms with Crippen molar-refractivity contribution < 1.29 is 45.4 Å². The highest BCUT2D eigenvalue weighted by atomic mass is 19.4. The molecule has 132 valence electrons. The molecule has 1 N–H and O–H groups in total. The molecule has 0 heterocycles. The maximum Gasteiger partial charge on any atom is 0.422 e. The van der Waals surface area contributed by atoms with Gasteiger partial charge in [-0.2, -0.15) is 13.2 Å². The van der Waals surface area contributed by atoms with Crippen LogP contribution in [0.1, 0.15) is 5.56 Å². The van der Waals surface area contributed by atoms with E-state index >= 15 is 0 Å². The Morgan fingerprint density at radius 3 is 2.12 bits per heavy atom. The number of hydrogen-bond acceptors (Lipinski definition) is 5. The van der Waals surface area contributed by atoms with Gasteiger partial charge in [0.2, 0.25) is 0 Å². The zero-order valence-electron chi connectivity index (χ0n) is 12.1. The Morgan fingerprint density at radius 2 is 1.67 bits per heavy atom. The van der Waals surface area contributed by atoms with Gasteiger partial charge in [0, 0.05) is 6.07 Å². The molecule has 0 bridgehead atoms. The quantitative estimate of drug-likeness (QED) is 0.389. The first-order chi connectivity index (χ1) is 11.0. The van der Waals surface area contributed by atoms with E-state index in [4.69, 9.17) is 0 Å². The average Bonchev–Trinajstić information content (AvgIpc) is 2.49. The fourth-order valence-corrected chi connectivity index (χ4v) is 1.52. The fourth-order valence-electron chi connectivity index (χ4n) is 1.52. The van der Waals surface area contributed by atoms with Crippen LogP contribution in [0, 0.1) is 17.5 Å². The minimum absolute atomic E-state index is 0.0186. The number of halogens is 6. The number of carbonyl (C=O) groups is 2. The van der Waals surface area contributed by atoms with E-state index in [0.29, 0.717) is 6.08 Å². The number of carbonyl (C=O) groups excluding carboxylic acids is 2. The van der Waals surface area contributed by atoms with Crippen LogP contribution < -0.4 is 5.32 Å². The summed E-state index contributed by atoms with van der Waals surface area (Å²) in [4.78, 5) is 22.5. The van der Waals surface area contributed by atoms with E-state index in [1.807, 2.05) is 0 Å². The molecule has 0 radical (unpaired) electrons. The SMILES string of the molecule is COC(=O)/C=C(/Nc1cc(F)c(C(F)(F)F)c(F)c1F)C(=O)OC. The molecule has 0 aliphatic rings. The number of benzene rings is 1. The van der Waals surface area contributed by atoms with Gasteiger partial charge in [-0.3, -0.25) is 0 Å². The molecule has 0 atom stereocenters. The molecule has 0 fully saturated rings. The number of rotatable bonds is 4. The first kappa shape index (κ1) is 19.3. The molecule has 0 unspecified atom stereocenters. The predicted octanol–water partition coefficient (Wildman–Crippen LogP) is 2.76. The van der Waals surface area contributed by atoms with Gasteiger partial charge in [0.15, 0.2) is 11.6 Å². The molecular formula is C13H9F6NO4. The summed E-state index contributed by atoms with van der Waals surface area (Å²) in [5, 5.41) is 1.79. The third-order valence-electron chi connectivity index (χ3n) is 2.58. The molecular weight excluding hydrogens is 348 g/mol. The topological polar surface area (TPSA) is 64.6 Å². The Hall–Kier alpha value is -2.72. The summed E-state index contributed by atoms with van der Waals surface area (Å²) in [5.74, 6) is -9.11. The van der Waals surface area contributed by atoms with Crippen LogP contribution in [0.3, 0.4) is 0 Å². The summed E-state index contributed by atoms with van der Waals surface area (Å²) >= 11 is 0. The van der Waals surface area contributed by atoms with Crippen molar-refractivity contribution in [2.24, 2.45) is 0 Å². The predicted molar refractivity (Wildman–Crippen MR) is 67.1 cm³/mol. The van der Waals surface area contributed by atoms with Gasteiger partial charge in [0.1, 0.15) is 17.1 Å². The van der Waals surface area contributed by atoms with Crippen LogP contribution in [0.5, 0.6) is 0 Å². The highest BCUT2D eigenvalue weighted by molar-refractivity contribution is 5.98. The summed E-state index contributed by atoms with van der Waals surface area (Å²) < 4.78 is 86.5. The lowest BCUT2D eigenvalue weighted by Crippen LogP contribution is -2.18. The van der Waals surface area contributed by atoms with Crippen molar-refractivity contribution in [2.45, 2.75) is 6.18 Å². The van der Waals surface area contributed by atoms with Crippen molar-refractivity contribution >= 4 is 17.6 Å². The summed E-state index contributed by atoms with van der Waals surface area (Å²) in [7, 11) is 1.81. The van der Waals surface area contributed by atoms with Crippen LogP contribution in [0.4, 0.5) is 32.0 Å². The summed E-state index contributed by atoms with van der Waals surface area (Å²) in [5.41, 5.74) is -4.40. The van der Waals surface area contributed by atoms with Crippen molar-refractivity contribution in [1.82, 2.24) is 0 Å². The largest absolute Gasteiger partial charge is 0.466 e. The van der Waals surface area contributed by atoms with Crippen molar-refractivity contribution in [3.63, 3.8) is 0 Å². The number of alkyl halides is 3. The van der Waals surface area contributed by atoms with Gasteiger partial charge in [-0.1, -0.05) is 0 Å². The molecule has 5 nitrogen and oxygen atoms in total. The van der Waals surface area contributed by atoms with Crippen LogP contribution in [-0.4, -0.2) is 26.2 Å². The molecule has 1 aromatic carbocycles. The van der Waals surface area contributed by atoms with Gasteiger partial charge in [-0.05, 0) is 0 Å². The van der Waals surface area contributed by atoms with Crippen LogP contribution in [-0.2, 0) is 25.2 Å². The molecule has 0 spiro atoms. The molecule has 0 aliphatic heterocycles. The van der Waals surface area contributed by atoms with Crippen molar-refractivity contribution in [2.75, 3.05) is 19.5 Å². The fraction of sp³-hybridized carbons (Fsp3) is 0.231. The van der Waals surface area contributed by atoms with Crippen LogP contribution in [0.2, 0.25) is 0 Å². The van der Waals surface area contributed by atoms with Gasteiger partial charge in [-0.15, -0.1) is 0 Å². The Bertz CT molecular complexity index is 699. The standard InChI is InChI=1S/C13H9F6NO4/c1-23-8(21)4-7(12(22)24-2)20-6-3-5(14)9(13(17,18)19)11(16)10(6)15/h3-4,20H,1-2H3/b7-4+. The van der Waals surface area contributed by atoms with Crippen molar-refractivity contribution in [1.29, 1.82) is 0 Å². The number of nitrogens with one attached hydrogen (secondary N) is 1. The van der Waals surface area contributed by atoms with Crippen molar-refractivity contribution in [3.05, 3.63) is 40.9 Å². The van der Waals surface area contributed by atoms with Crippen LogP contribution in [0.25, 0.3) is 0 Å². The normalized spacial score (nSPS) is 11.9. The van der Waals surface area contributed by atoms with Crippen LogP contribution >= 0.6 is 0 Å². The third-order valence-corrected chi connectivity index (χ3v) is 2.58. The monoisotopic (exact) mass is 357 g/mol. The summed E-state index contributed by atoms with van der Waals surface area (Å²) in [6.07, 6.45) is -5.01. The molecule has 0 saturated heterocycles. The van der Waals surface area contributed by atoms with Gasteiger partial charge in [-0.25, -0.2) is 22.8 Å². The van der Waals surface area contributed by atoms with E-state index in [1.54, 1.807) is 5.32 Å². The molecule has 1 aromatic rings. The molecule has 0 saturated carbocycles. The summed E-state index contributed by atoms with van der Waals surface area (Å²) in [6, 6.07) is -0.0186. The Labute approximate surface area is 130 Å². The highest BCUT2D eigenvalue weighted by Gasteiger charge is 2.40. The Balaban J connectivity index is 3.39. The number of esters is 2. The van der Waals surface area contributed by atoms with E-state index in [1.165, 1.54) is 0 Å². The number of ether oxygens (including phenoxy) is 2. The molecule has 1 rings (SSSR count). The lowest BCUT2D eigenvalue weighted by Gasteiger charge is -2.14. The van der Waals surface area contributed by atoms with E-state index in [2.05, 4.69) is 9.47 Å². The van der Waals surface area contributed by atoms with Gasteiger partial charge >= 0.3 is 18.1 Å². The Morgan fingerprint density at radius 1 is 1.08 bits per heavy atom. The second kappa shape index (κ2) is 7.23. The van der Waals surface area contributed by atoms with E-state index in [9.17, 15) is 35.9 Å². The second-order valence-electron chi connectivity index (χ2n) is 4.10. The van der Waals surface area contributed by atoms with Crippen molar-refractivity contribution in [3.8, 4) is 0 Å². The molecule has 11 heteroatoms. The first-order valence-electron chi connectivity index (χ1n) is 5.92. The lowest BCUT2D eigenvalue weighted by atomic mass is 10.1. The smallest absolute Gasteiger partial charge is 0.422 e. The zero-order chi connectivity index (χ0) is 18.7. The highest BCUT2D eigenvalue weighted by Crippen LogP contribution is 2.36. The minimum atomic E-state index is -5.47. The van der Waals surface area contributed by atoms with E-state index in [0.717, 1.165) is 14.2 Å². The van der Waals surface area contributed by atoms with E-state index in [-0.39, 0.29) is 6.07 Å². The molecule has 0 aliphatic carbocycles. The molecule has 24 heavy (non-hydrogen) atoms. The molecule has 0 aromatic heterocycles. The van der Waals surface area contributed by atoms with Crippen LogP contribution in [0.15, 0.2) is 17.8 Å². The zero-order valence-corrected chi connectivity index (χ0v) is 12.1. The van der Waals surface area contributed by atoms with Gasteiger partial charge < -0.3 is 14.8 Å². The maximum atomic E-state index is 13.7. The third kappa shape index (κ3) is 4.18. The van der Waals surface area contributed by atoms with E-state index < -0.39 is 52.5 Å². The lowest BCUT2D eigenvalue weighted by molar-refractivity contribution is -0.142. The second-order valence-corrected chi connectivity index (χ2v) is 4.10. The van der Waals surface area contributed by atoms with Gasteiger partial charge in [0.25, 0.3) is 0 Å². The average molecular weight is 357 g/mol. The number of methoxy groups -OCH3 is 2. The summed E-state index contributed by atoms with van der Waals surface area (Å²) in [6.45, 7) is 0. The Kier molecular flexibility index (Phi) is 5.83. The van der Waals surface area contributed by atoms with Gasteiger partial charge in [0.05, 0.1) is 26.0 Å². The number of hydrogen-bond donors (Lipinski definition) is 1. The minimum Gasteiger partial charge on any atom is -0.466 e. The number of anilines is 1. The first-order valence-corrected chi connectivity index (χ1v) is 5.92. The maximum absolute atomic E-state index is 13.7.